The molecule has 1 atom stereocenters. The molecule has 0 amide bonds. The molecular weight excluding hydrogens is 188 g/mol. The molecular formula is C9H16O5. The number of ether oxygens (including phenoxy) is 3. The number of aliphatic hydroxyl groups is 1. The van der Waals surface area contributed by atoms with Gasteiger partial charge in [0.2, 0.25) is 0 Å². The standard InChI is InChI=1S/C9H16O5/c1-3-12-8(11)7(10)6-9(2)13-4-5-14-9/h7,10H,3-6H2,1-2H3. The van der Waals surface area contributed by atoms with Gasteiger partial charge < -0.3 is 19.3 Å². The number of rotatable bonds is 4. The van der Waals surface area contributed by atoms with Crippen molar-refractivity contribution in [3.8, 4) is 0 Å². The highest BCUT2D eigenvalue weighted by Gasteiger charge is 2.36. The minimum absolute atomic E-state index is 0.103. The second-order valence-electron chi connectivity index (χ2n) is 3.30. The molecule has 5 heteroatoms. The summed E-state index contributed by atoms with van der Waals surface area (Å²) in [6.45, 7) is 4.63. The third-order valence-corrected chi connectivity index (χ3v) is 2.02. The van der Waals surface area contributed by atoms with Crippen molar-refractivity contribution >= 4 is 5.97 Å². The maximum atomic E-state index is 11.1. The largest absolute Gasteiger partial charge is 0.464 e. The Morgan fingerprint density at radius 3 is 2.64 bits per heavy atom. The van der Waals surface area contributed by atoms with Gasteiger partial charge >= 0.3 is 5.97 Å². The second-order valence-corrected chi connectivity index (χ2v) is 3.30. The predicted molar refractivity (Wildman–Crippen MR) is 47.6 cm³/mol. The number of hydrogen-bond acceptors (Lipinski definition) is 5. The van der Waals surface area contributed by atoms with E-state index in [1.54, 1.807) is 13.8 Å². The van der Waals surface area contributed by atoms with Gasteiger partial charge in [0.05, 0.1) is 19.8 Å². The summed E-state index contributed by atoms with van der Waals surface area (Å²) in [6, 6.07) is 0. The SMILES string of the molecule is CCOC(=O)C(O)CC1(C)OCCO1. The monoisotopic (exact) mass is 204 g/mol. The number of hydrogen-bond donors (Lipinski definition) is 1. The molecule has 1 fully saturated rings. The maximum absolute atomic E-state index is 11.1. The molecule has 5 nitrogen and oxygen atoms in total. The van der Waals surface area contributed by atoms with Gasteiger partial charge in [0.25, 0.3) is 0 Å². The lowest BCUT2D eigenvalue weighted by molar-refractivity contribution is -0.179. The van der Waals surface area contributed by atoms with Gasteiger partial charge in [-0.15, -0.1) is 0 Å². The van der Waals surface area contributed by atoms with Crippen LogP contribution in [0, 0.1) is 0 Å². The van der Waals surface area contributed by atoms with Crippen molar-refractivity contribution in [2.75, 3.05) is 19.8 Å². The molecule has 0 aromatic heterocycles. The topological polar surface area (TPSA) is 65.0 Å². The minimum atomic E-state index is -1.18. The van der Waals surface area contributed by atoms with Crippen molar-refractivity contribution in [1.29, 1.82) is 0 Å². The summed E-state index contributed by atoms with van der Waals surface area (Å²) in [5.41, 5.74) is 0. The fourth-order valence-electron chi connectivity index (χ4n) is 1.35. The lowest BCUT2D eigenvalue weighted by Gasteiger charge is -2.24. The molecule has 0 bridgehead atoms. The first kappa shape index (κ1) is 11.4. The molecule has 1 N–H and O–H groups in total. The highest BCUT2D eigenvalue weighted by Crippen LogP contribution is 2.24. The van der Waals surface area contributed by atoms with Crippen LogP contribution < -0.4 is 0 Å². The summed E-state index contributed by atoms with van der Waals surface area (Å²) in [5.74, 6) is -1.49. The Hall–Kier alpha value is -0.650. The van der Waals surface area contributed by atoms with E-state index in [1.807, 2.05) is 0 Å². The van der Waals surface area contributed by atoms with E-state index in [1.165, 1.54) is 0 Å². The Labute approximate surface area is 82.9 Å². The van der Waals surface area contributed by atoms with Crippen LogP contribution in [0.5, 0.6) is 0 Å². The predicted octanol–water partition coefficient (Wildman–Crippen LogP) is 0.0635. The van der Waals surface area contributed by atoms with Crippen LogP contribution in [-0.4, -0.2) is 42.8 Å². The average molecular weight is 204 g/mol. The third-order valence-electron chi connectivity index (χ3n) is 2.02. The molecule has 82 valence electrons. The summed E-state index contributed by atoms with van der Waals surface area (Å²) in [6.07, 6.45) is -1.08. The zero-order valence-electron chi connectivity index (χ0n) is 8.49. The van der Waals surface area contributed by atoms with E-state index in [9.17, 15) is 9.90 Å². The molecule has 1 aliphatic rings. The zero-order chi connectivity index (χ0) is 10.6. The summed E-state index contributed by atoms with van der Waals surface area (Å²) in [7, 11) is 0. The Morgan fingerprint density at radius 1 is 1.57 bits per heavy atom. The zero-order valence-corrected chi connectivity index (χ0v) is 8.49. The van der Waals surface area contributed by atoms with Crippen LogP contribution in [0.4, 0.5) is 0 Å². The smallest absolute Gasteiger partial charge is 0.335 e. The summed E-state index contributed by atoms with van der Waals surface area (Å²) < 4.78 is 15.2. The Balaban J connectivity index is 2.38. The van der Waals surface area contributed by atoms with Crippen LogP contribution in [0.3, 0.4) is 0 Å². The van der Waals surface area contributed by atoms with Crippen LogP contribution in [-0.2, 0) is 19.0 Å². The molecule has 0 radical (unpaired) electrons. The molecule has 1 saturated heterocycles. The van der Waals surface area contributed by atoms with Crippen molar-refractivity contribution in [2.45, 2.75) is 32.2 Å². The molecule has 14 heavy (non-hydrogen) atoms. The van der Waals surface area contributed by atoms with Crippen LogP contribution >= 0.6 is 0 Å². The molecule has 0 spiro atoms. The van der Waals surface area contributed by atoms with Crippen molar-refractivity contribution < 1.29 is 24.1 Å². The first-order valence-corrected chi connectivity index (χ1v) is 4.70. The Morgan fingerprint density at radius 2 is 2.14 bits per heavy atom. The summed E-state index contributed by atoms with van der Waals surface area (Å²) in [5, 5.41) is 9.44. The lowest BCUT2D eigenvalue weighted by atomic mass is 10.1. The van der Waals surface area contributed by atoms with Gasteiger partial charge in [0.1, 0.15) is 0 Å². The number of aliphatic hydroxyl groups excluding tert-OH is 1. The van der Waals surface area contributed by atoms with Crippen molar-refractivity contribution in [3.63, 3.8) is 0 Å². The van der Waals surface area contributed by atoms with E-state index < -0.39 is 17.9 Å². The summed E-state index contributed by atoms with van der Waals surface area (Å²) in [4.78, 5) is 11.1. The molecule has 1 aliphatic heterocycles. The van der Waals surface area contributed by atoms with Crippen LogP contribution in [0.15, 0.2) is 0 Å². The van der Waals surface area contributed by atoms with Crippen molar-refractivity contribution in [1.82, 2.24) is 0 Å². The van der Waals surface area contributed by atoms with E-state index in [-0.39, 0.29) is 13.0 Å². The van der Waals surface area contributed by atoms with E-state index in [2.05, 4.69) is 4.74 Å². The Kier molecular flexibility index (Phi) is 3.86. The van der Waals surface area contributed by atoms with Gasteiger partial charge in [-0.25, -0.2) is 4.79 Å². The number of carbonyl (C=O) groups excluding carboxylic acids is 1. The third kappa shape index (κ3) is 2.94. The summed E-state index contributed by atoms with van der Waals surface area (Å²) >= 11 is 0. The molecule has 1 rings (SSSR count). The average Bonchev–Trinajstić information content (AvgIpc) is 2.52. The fourth-order valence-corrected chi connectivity index (χ4v) is 1.35. The van der Waals surface area contributed by atoms with Crippen molar-refractivity contribution in [2.24, 2.45) is 0 Å². The molecule has 1 unspecified atom stereocenters. The second kappa shape index (κ2) is 4.72. The van der Waals surface area contributed by atoms with E-state index in [4.69, 9.17) is 9.47 Å². The molecule has 0 saturated carbocycles. The maximum Gasteiger partial charge on any atom is 0.335 e. The van der Waals surface area contributed by atoms with Gasteiger partial charge in [0.15, 0.2) is 11.9 Å². The lowest BCUT2D eigenvalue weighted by Crippen LogP contribution is -2.35. The van der Waals surface area contributed by atoms with Gasteiger partial charge in [0, 0.05) is 6.42 Å². The highest BCUT2D eigenvalue weighted by atomic mass is 16.7. The van der Waals surface area contributed by atoms with E-state index in [0.717, 1.165) is 0 Å². The minimum Gasteiger partial charge on any atom is -0.464 e. The molecule has 0 aromatic carbocycles. The molecule has 1 heterocycles. The number of carbonyl (C=O) groups is 1. The van der Waals surface area contributed by atoms with Gasteiger partial charge in [-0.3, -0.25) is 0 Å². The highest BCUT2D eigenvalue weighted by molar-refractivity contribution is 5.74. The fraction of sp³-hybridized carbons (Fsp3) is 0.889. The molecule has 0 aromatic rings. The Bertz CT molecular complexity index is 197. The first-order valence-electron chi connectivity index (χ1n) is 4.70. The number of esters is 1. The van der Waals surface area contributed by atoms with Crippen molar-refractivity contribution in [3.05, 3.63) is 0 Å². The van der Waals surface area contributed by atoms with Crippen LogP contribution in [0.1, 0.15) is 20.3 Å². The van der Waals surface area contributed by atoms with Crippen LogP contribution in [0.2, 0.25) is 0 Å². The van der Waals surface area contributed by atoms with Gasteiger partial charge in [-0.1, -0.05) is 0 Å². The molecule has 0 aliphatic carbocycles. The quantitative estimate of drug-likeness (QED) is 0.656. The normalized spacial score (nSPS) is 21.9. The van der Waals surface area contributed by atoms with Crippen LogP contribution in [0.25, 0.3) is 0 Å². The first-order chi connectivity index (χ1) is 6.57. The van der Waals surface area contributed by atoms with E-state index in [0.29, 0.717) is 13.2 Å². The van der Waals surface area contributed by atoms with Gasteiger partial charge in [-0.05, 0) is 13.8 Å². The van der Waals surface area contributed by atoms with E-state index >= 15 is 0 Å². The van der Waals surface area contributed by atoms with Gasteiger partial charge in [-0.2, -0.15) is 0 Å².